The Morgan fingerprint density at radius 2 is 0.650 bits per heavy atom. The number of amides is 1. The average Bonchev–Trinajstić information content (AvgIpc) is 3.25. The molecule has 0 aliphatic rings. The highest BCUT2D eigenvalue weighted by Crippen LogP contribution is 2.16. The molecule has 0 heterocycles. The fourth-order valence-electron chi connectivity index (χ4n) is 8.15. The number of nitrogens with one attached hydrogen (secondary N) is 1. The van der Waals surface area contributed by atoms with Crippen LogP contribution < -0.4 is 5.32 Å². The van der Waals surface area contributed by atoms with Gasteiger partial charge in [-0.25, -0.2) is 0 Å². The summed E-state index contributed by atoms with van der Waals surface area (Å²) in [5, 5.41) is 23.1. The molecular formula is C56H105NO3. The molecule has 352 valence electrons. The lowest BCUT2D eigenvalue weighted by Crippen LogP contribution is -2.45. The highest BCUT2D eigenvalue weighted by atomic mass is 16.3. The van der Waals surface area contributed by atoms with Crippen molar-refractivity contribution in [2.45, 2.75) is 296 Å². The standard InChI is InChI=1S/C56H105NO3/c1-3-5-7-9-11-13-15-17-19-21-23-24-25-26-27-28-29-30-31-32-33-34-36-38-40-42-44-46-48-50-52-56(60)57-54(53-58)55(59)51-49-47-45-43-41-39-37-35-22-20-18-16-14-12-10-8-6-4-2/h22,26-27,35,41,43,49,51,54-55,58-59H,3-21,23-25,28-34,36-40,42,44-48,50,52-53H2,1-2H3,(H,57,60)/b27-26-,35-22+,43-41+,51-49+. The Kier molecular flexibility index (Phi) is 50.3. The first-order chi connectivity index (χ1) is 29.7. The van der Waals surface area contributed by atoms with E-state index in [1.54, 1.807) is 6.08 Å². The molecule has 0 bridgehead atoms. The molecule has 60 heavy (non-hydrogen) atoms. The Bertz CT molecular complexity index is 954. The molecule has 1 amide bonds. The van der Waals surface area contributed by atoms with Gasteiger partial charge in [-0.15, -0.1) is 0 Å². The number of aliphatic hydroxyl groups is 2. The molecule has 0 saturated carbocycles. The van der Waals surface area contributed by atoms with Gasteiger partial charge in [-0.1, -0.05) is 255 Å². The van der Waals surface area contributed by atoms with E-state index in [-0.39, 0.29) is 12.5 Å². The smallest absolute Gasteiger partial charge is 0.220 e. The summed E-state index contributed by atoms with van der Waals surface area (Å²) in [4.78, 5) is 12.4. The number of rotatable bonds is 49. The predicted molar refractivity (Wildman–Crippen MR) is 267 cm³/mol. The van der Waals surface area contributed by atoms with Crippen LogP contribution in [0.5, 0.6) is 0 Å². The predicted octanol–water partition coefficient (Wildman–Crippen LogP) is 17.5. The zero-order chi connectivity index (χ0) is 43.5. The summed E-state index contributed by atoms with van der Waals surface area (Å²) in [5.74, 6) is -0.0756. The van der Waals surface area contributed by atoms with Crippen molar-refractivity contribution in [3.63, 3.8) is 0 Å². The van der Waals surface area contributed by atoms with Gasteiger partial charge in [-0.3, -0.25) is 4.79 Å². The van der Waals surface area contributed by atoms with Gasteiger partial charge in [0.25, 0.3) is 0 Å². The lowest BCUT2D eigenvalue weighted by Gasteiger charge is -2.19. The van der Waals surface area contributed by atoms with E-state index >= 15 is 0 Å². The Hall–Kier alpha value is -1.65. The lowest BCUT2D eigenvalue weighted by molar-refractivity contribution is -0.123. The van der Waals surface area contributed by atoms with Crippen LogP contribution in [0.1, 0.15) is 284 Å². The van der Waals surface area contributed by atoms with Crippen LogP contribution in [-0.2, 0) is 4.79 Å². The minimum Gasteiger partial charge on any atom is -0.394 e. The van der Waals surface area contributed by atoms with Gasteiger partial charge in [-0.05, 0) is 70.6 Å². The molecule has 0 aromatic heterocycles. The van der Waals surface area contributed by atoms with Crippen molar-refractivity contribution in [2.24, 2.45) is 0 Å². The van der Waals surface area contributed by atoms with E-state index in [1.165, 1.54) is 225 Å². The van der Waals surface area contributed by atoms with Crippen LogP contribution in [0.2, 0.25) is 0 Å². The highest BCUT2D eigenvalue weighted by molar-refractivity contribution is 5.76. The number of allylic oxidation sites excluding steroid dienone is 7. The van der Waals surface area contributed by atoms with Crippen LogP contribution >= 0.6 is 0 Å². The molecule has 3 N–H and O–H groups in total. The van der Waals surface area contributed by atoms with Crippen LogP contribution in [0, 0.1) is 0 Å². The van der Waals surface area contributed by atoms with Crippen molar-refractivity contribution in [3.8, 4) is 0 Å². The maximum Gasteiger partial charge on any atom is 0.220 e. The van der Waals surface area contributed by atoms with E-state index in [0.717, 1.165) is 38.5 Å². The molecule has 4 heteroatoms. The number of hydrogen-bond acceptors (Lipinski definition) is 3. The summed E-state index contributed by atoms with van der Waals surface area (Å²) < 4.78 is 0. The highest BCUT2D eigenvalue weighted by Gasteiger charge is 2.17. The van der Waals surface area contributed by atoms with Crippen LogP contribution in [-0.4, -0.2) is 34.9 Å². The van der Waals surface area contributed by atoms with Gasteiger partial charge in [0.2, 0.25) is 5.91 Å². The Morgan fingerprint density at radius 3 is 0.967 bits per heavy atom. The van der Waals surface area contributed by atoms with Crippen molar-refractivity contribution in [2.75, 3.05) is 6.61 Å². The second kappa shape index (κ2) is 51.7. The van der Waals surface area contributed by atoms with Crippen molar-refractivity contribution >= 4 is 5.91 Å². The number of carbonyl (C=O) groups excluding carboxylic acids is 1. The monoisotopic (exact) mass is 840 g/mol. The van der Waals surface area contributed by atoms with Gasteiger partial charge < -0.3 is 15.5 Å². The van der Waals surface area contributed by atoms with Gasteiger partial charge in [0.15, 0.2) is 0 Å². The maximum atomic E-state index is 12.4. The molecule has 2 unspecified atom stereocenters. The SMILES string of the molecule is CCCCCCCCCC/C=C/CC/C=C/CC/C=C/C(O)C(CO)NC(=O)CCCCCCCCCCCCCCCC/C=C\CCCCCCCCCCCCCC. The molecule has 0 saturated heterocycles. The summed E-state index contributed by atoms with van der Waals surface area (Å²) in [6.45, 7) is 4.31. The zero-order valence-electron chi connectivity index (χ0n) is 40.5. The first-order valence-electron chi connectivity index (χ1n) is 26.9. The molecular weight excluding hydrogens is 735 g/mol. The molecule has 0 spiro atoms. The fraction of sp³-hybridized carbons (Fsp3) is 0.839. The molecule has 0 aliphatic carbocycles. The number of carbonyl (C=O) groups is 1. The van der Waals surface area contributed by atoms with Gasteiger partial charge in [0.1, 0.15) is 0 Å². The van der Waals surface area contributed by atoms with Crippen LogP contribution in [0.25, 0.3) is 0 Å². The second-order valence-corrected chi connectivity index (χ2v) is 18.3. The van der Waals surface area contributed by atoms with Gasteiger partial charge in [0.05, 0.1) is 18.8 Å². The summed E-state index contributed by atoms with van der Waals surface area (Å²) >= 11 is 0. The minimum atomic E-state index is -0.870. The first kappa shape index (κ1) is 58.4. The largest absolute Gasteiger partial charge is 0.394 e. The molecule has 0 aliphatic heterocycles. The summed E-state index contributed by atoms with van der Waals surface area (Å²) in [6.07, 6.45) is 71.2. The van der Waals surface area contributed by atoms with E-state index in [0.29, 0.717) is 6.42 Å². The van der Waals surface area contributed by atoms with Gasteiger partial charge >= 0.3 is 0 Å². The molecule has 0 rings (SSSR count). The normalized spacial score (nSPS) is 13.2. The fourth-order valence-corrected chi connectivity index (χ4v) is 8.15. The van der Waals surface area contributed by atoms with E-state index in [9.17, 15) is 15.0 Å². The van der Waals surface area contributed by atoms with E-state index in [4.69, 9.17) is 0 Å². The molecule has 2 atom stereocenters. The number of unbranched alkanes of at least 4 members (excludes halogenated alkanes) is 36. The maximum absolute atomic E-state index is 12.4. The Labute approximate surface area is 375 Å². The summed E-state index contributed by atoms with van der Waals surface area (Å²) in [7, 11) is 0. The van der Waals surface area contributed by atoms with Crippen LogP contribution in [0.3, 0.4) is 0 Å². The third-order valence-electron chi connectivity index (χ3n) is 12.3. The lowest BCUT2D eigenvalue weighted by atomic mass is 10.0. The Balaban J connectivity index is 3.52. The molecule has 0 aromatic carbocycles. The van der Waals surface area contributed by atoms with Crippen molar-refractivity contribution in [1.82, 2.24) is 5.32 Å². The molecule has 4 nitrogen and oxygen atoms in total. The molecule has 0 radical (unpaired) electrons. The molecule has 0 fully saturated rings. The summed E-state index contributed by atoms with van der Waals surface area (Å²) in [6, 6.07) is -0.646. The van der Waals surface area contributed by atoms with E-state index in [2.05, 4.69) is 55.6 Å². The van der Waals surface area contributed by atoms with E-state index < -0.39 is 12.1 Å². The van der Waals surface area contributed by atoms with Crippen LogP contribution in [0.4, 0.5) is 0 Å². The zero-order valence-corrected chi connectivity index (χ0v) is 40.5. The van der Waals surface area contributed by atoms with Crippen molar-refractivity contribution in [3.05, 3.63) is 48.6 Å². The minimum absolute atomic E-state index is 0.0756. The molecule has 0 aromatic rings. The summed E-state index contributed by atoms with van der Waals surface area (Å²) in [5.41, 5.74) is 0. The van der Waals surface area contributed by atoms with Gasteiger partial charge in [-0.2, -0.15) is 0 Å². The van der Waals surface area contributed by atoms with Crippen LogP contribution in [0.15, 0.2) is 48.6 Å². The third kappa shape index (κ3) is 47.4. The number of aliphatic hydroxyl groups excluding tert-OH is 2. The van der Waals surface area contributed by atoms with Crippen molar-refractivity contribution < 1.29 is 15.0 Å². The topological polar surface area (TPSA) is 69.6 Å². The number of hydrogen-bond donors (Lipinski definition) is 3. The van der Waals surface area contributed by atoms with Crippen molar-refractivity contribution in [1.29, 1.82) is 0 Å². The average molecular weight is 840 g/mol. The Morgan fingerprint density at radius 1 is 0.383 bits per heavy atom. The van der Waals surface area contributed by atoms with Gasteiger partial charge in [0, 0.05) is 6.42 Å². The second-order valence-electron chi connectivity index (χ2n) is 18.3. The quantitative estimate of drug-likeness (QED) is 0.0422. The third-order valence-corrected chi connectivity index (χ3v) is 12.3. The van der Waals surface area contributed by atoms with E-state index in [1.807, 2.05) is 6.08 Å². The first-order valence-corrected chi connectivity index (χ1v) is 26.9.